The average molecular weight is 467 g/mol. The van der Waals surface area contributed by atoms with Gasteiger partial charge in [0.05, 0.1) is 16.3 Å². The molecule has 6 nitrogen and oxygen atoms in total. The quantitative estimate of drug-likeness (QED) is 0.485. The van der Waals surface area contributed by atoms with Crippen LogP contribution in [0.25, 0.3) is 10.9 Å². The third-order valence-corrected chi connectivity index (χ3v) is 6.54. The van der Waals surface area contributed by atoms with Crippen molar-refractivity contribution in [3.63, 3.8) is 0 Å². The van der Waals surface area contributed by atoms with Crippen LogP contribution in [-0.2, 0) is 10.0 Å². The zero-order valence-electron chi connectivity index (χ0n) is 16.4. The fourth-order valence-electron chi connectivity index (χ4n) is 3.15. The highest BCUT2D eigenvalue weighted by atomic mass is 35.5. The maximum atomic E-state index is 13.2. The number of hydrogen-bond acceptors (Lipinski definition) is 4. The molecule has 0 aliphatic rings. The van der Waals surface area contributed by atoms with E-state index in [2.05, 4.69) is 9.71 Å². The molecule has 2 aromatic carbocycles. The minimum absolute atomic E-state index is 0.125. The highest BCUT2D eigenvalue weighted by Gasteiger charge is 2.22. The van der Waals surface area contributed by atoms with Crippen LogP contribution in [-0.4, -0.2) is 30.8 Å². The molecule has 0 radical (unpaired) electrons. The molecule has 1 heterocycles. The molecule has 0 fully saturated rings. The van der Waals surface area contributed by atoms with Crippen molar-refractivity contribution in [2.24, 2.45) is 0 Å². The van der Waals surface area contributed by atoms with E-state index in [-0.39, 0.29) is 27.7 Å². The Bertz CT molecular complexity index is 1250. The molecule has 9 heteroatoms. The number of benzene rings is 2. The van der Waals surface area contributed by atoms with Gasteiger partial charge in [-0.1, -0.05) is 36.5 Å². The molecule has 158 valence electrons. The summed E-state index contributed by atoms with van der Waals surface area (Å²) in [6, 6.07) is 9.25. The lowest BCUT2D eigenvalue weighted by atomic mass is 9.99. The molecule has 0 spiro atoms. The second-order valence-electron chi connectivity index (χ2n) is 6.94. The van der Waals surface area contributed by atoms with Gasteiger partial charge < -0.3 is 4.98 Å². The van der Waals surface area contributed by atoms with E-state index in [1.165, 1.54) is 18.2 Å². The number of H-pyrrole nitrogens is 1. The van der Waals surface area contributed by atoms with Gasteiger partial charge in [0.1, 0.15) is 0 Å². The Balaban J connectivity index is 2.00. The first kappa shape index (κ1) is 22.3. The largest absolute Gasteiger partial charge is 0.358 e. The van der Waals surface area contributed by atoms with Gasteiger partial charge in [0, 0.05) is 32.7 Å². The van der Waals surface area contributed by atoms with Crippen molar-refractivity contribution in [1.29, 1.82) is 0 Å². The highest BCUT2D eigenvalue weighted by Crippen LogP contribution is 2.29. The Hall–Kier alpha value is -2.35. The molecular formula is C21H20Cl2N2O4S. The summed E-state index contributed by atoms with van der Waals surface area (Å²) in [5, 5.41) is 1.13. The number of hydrogen-bond donors (Lipinski definition) is 2. The van der Waals surface area contributed by atoms with Gasteiger partial charge in [0.25, 0.3) is 5.91 Å². The van der Waals surface area contributed by atoms with Gasteiger partial charge in [-0.3, -0.25) is 9.59 Å². The van der Waals surface area contributed by atoms with E-state index >= 15 is 0 Å². The molecule has 3 aromatic rings. The smallest absolute Gasteiger partial charge is 0.264 e. The number of ketones is 1. The van der Waals surface area contributed by atoms with Crippen LogP contribution in [0.1, 0.15) is 51.7 Å². The van der Waals surface area contributed by atoms with E-state index in [0.717, 1.165) is 0 Å². The Kier molecular flexibility index (Phi) is 6.55. The molecule has 1 amide bonds. The van der Waals surface area contributed by atoms with Crippen molar-refractivity contribution in [1.82, 2.24) is 9.71 Å². The summed E-state index contributed by atoms with van der Waals surface area (Å²) in [7, 11) is -3.72. The number of fused-ring (bicyclic) bond motifs is 1. The lowest BCUT2D eigenvalue weighted by Gasteiger charge is -2.07. The molecular weight excluding hydrogens is 447 g/mol. The molecule has 0 unspecified atom stereocenters. The summed E-state index contributed by atoms with van der Waals surface area (Å²) < 4.78 is 26.2. The maximum Gasteiger partial charge on any atom is 0.264 e. The third kappa shape index (κ3) is 4.69. The molecule has 3 rings (SSSR count). The van der Waals surface area contributed by atoms with Crippen molar-refractivity contribution >= 4 is 55.8 Å². The lowest BCUT2D eigenvalue weighted by Crippen LogP contribution is -2.32. The molecule has 0 saturated carbocycles. The third-order valence-electron chi connectivity index (χ3n) is 4.67. The number of carbonyl (C=O) groups excluding carboxylic acids is 2. The van der Waals surface area contributed by atoms with Crippen LogP contribution in [0.2, 0.25) is 10.0 Å². The number of amides is 1. The summed E-state index contributed by atoms with van der Waals surface area (Å²) in [5.74, 6) is -1.19. The van der Waals surface area contributed by atoms with Crippen LogP contribution in [0.15, 0.2) is 36.4 Å². The number of aromatic amines is 1. The first-order valence-corrected chi connectivity index (χ1v) is 11.7. The second-order valence-corrected chi connectivity index (χ2v) is 9.63. The number of halogens is 2. The number of nitrogens with one attached hydrogen (secondary N) is 2. The Morgan fingerprint density at radius 3 is 2.50 bits per heavy atom. The maximum absolute atomic E-state index is 13.2. The topological polar surface area (TPSA) is 96.1 Å². The monoisotopic (exact) mass is 466 g/mol. The standard InChI is InChI=1S/C21H20Cl2N2O4S/c1-3-4-9-30(28,29)25-21(27)13-5-8-18-16(10-13)19(12(2)24-18)20(26)15-7-6-14(22)11-17(15)23/h5-8,10-11,24H,3-4,9H2,1-2H3,(H,25,27). The average Bonchev–Trinajstić information content (AvgIpc) is 3.00. The second kappa shape index (κ2) is 8.79. The molecule has 2 N–H and O–H groups in total. The van der Waals surface area contributed by atoms with Crippen molar-refractivity contribution in [2.45, 2.75) is 26.7 Å². The number of aromatic nitrogens is 1. The highest BCUT2D eigenvalue weighted by molar-refractivity contribution is 7.90. The summed E-state index contributed by atoms with van der Waals surface area (Å²) >= 11 is 12.1. The van der Waals surface area contributed by atoms with Crippen molar-refractivity contribution < 1.29 is 18.0 Å². The van der Waals surface area contributed by atoms with E-state index in [1.54, 1.807) is 25.1 Å². The van der Waals surface area contributed by atoms with Gasteiger partial charge in [-0.15, -0.1) is 0 Å². The molecule has 30 heavy (non-hydrogen) atoms. The van der Waals surface area contributed by atoms with E-state index in [1.807, 2.05) is 6.92 Å². The number of rotatable bonds is 7. The molecule has 1 aromatic heterocycles. The summed E-state index contributed by atoms with van der Waals surface area (Å²) in [6.45, 7) is 3.61. The van der Waals surface area contributed by atoms with Crippen molar-refractivity contribution in [2.75, 3.05) is 5.75 Å². The Morgan fingerprint density at radius 2 is 1.83 bits per heavy atom. The number of unbranched alkanes of at least 4 members (excludes halogenated alkanes) is 1. The van der Waals surface area contributed by atoms with E-state index < -0.39 is 15.9 Å². The minimum atomic E-state index is -3.72. The number of sulfonamides is 1. The van der Waals surface area contributed by atoms with Crippen LogP contribution in [0, 0.1) is 6.92 Å². The molecule has 0 aliphatic carbocycles. The van der Waals surface area contributed by atoms with Crippen molar-refractivity contribution in [3.8, 4) is 0 Å². The molecule has 0 atom stereocenters. The number of carbonyl (C=O) groups is 2. The zero-order valence-corrected chi connectivity index (χ0v) is 18.7. The summed E-state index contributed by atoms with van der Waals surface area (Å²) in [4.78, 5) is 28.8. The van der Waals surface area contributed by atoms with Gasteiger partial charge in [-0.2, -0.15) is 0 Å². The van der Waals surface area contributed by atoms with Gasteiger partial charge in [-0.05, 0) is 49.7 Å². The summed E-state index contributed by atoms with van der Waals surface area (Å²) in [5.41, 5.74) is 2.03. The molecule has 0 saturated heterocycles. The van der Waals surface area contributed by atoms with E-state index in [9.17, 15) is 18.0 Å². The molecule has 0 aliphatic heterocycles. The van der Waals surface area contributed by atoms with Gasteiger partial charge in [-0.25, -0.2) is 13.1 Å². The van der Waals surface area contributed by atoms with E-state index in [0.29, 0.717) is 40.0 Å². The lowest BCUT2D eigenvalue weighted by molar-refractivity contribution is 0.0980. The predicted molar refractivity (Wildman–Crippen MR) is 119 cm³/mol. The Labute approximate surface area is 184 Å². The first-order valence-electron chi connectivity index (χ1n) is 9.30. The van der Waals surface area contributed by atoms with Crippen molar-refractivity contribution in [3.05, 3.63) is 68.8 Å². The van der Waals surface area contributed by atoms with Gasteiger partial charge >= 0.3 is 0 Å². The predicted octanol–water partition coefficient (Wildman–Crippen LogP) is 4.87. The fourth-order valence-corrected chi connectivity index (χ4v) is 4.82. The van der Waals surface area contributed by atoms with Crippen LogP contribution >= 0.6 is 23.2 Å². The van der Waals surface area contributed by atoms with Crippen LogP contribution in [0.4, 0.5) is 0 Å². The molecule has 0 bridgehead atoms. The van der Waals surface area contributed by atoms with Crippen LogP contribution < -0.4 is 4.72 Å². The van der Waals surface area contributed by atoms with Gasteiger partial charge in [0.2, 0.25) is 10.0 Å². The zero-order chi connectivity index (χ0) is 22.1. The minimum Gasteiger partial charge on any atom is -0.358 e. The van der Waals surface area contributed by atoms with E-state index in [4.69, 9.17) is 23.2 Å². The fraction of sp³-hybridized carbons (Fsp3) is 0.238. The summed E-state index contributed by atoms with van der Waals surface area (Å²) in [6.07, 6.45) is 1.15. The normalized spacial score (nSPS) is 11.6. The van der Waals surface area contributed by atoms with Crippen LogP contribution in [0.5, 0.6) is 0 Å². The van der Waals surface area contributed by atoms with Gasteiger partial charge in [0.15, 0.2) is 5.78 Å². The Morgan fingerprint density at radius 1 is 1.10 bits per heavy atom. The van der Waals surface area contributed by atoms with Crippen LogP contribution in [0.3, 0.4) is 0 Å². The SMILES string of the molecule is CCCCS(=O)(=O)NC(=O)c1ccc2[nH]c(C)c(C(=O)c3ccc(Cl)cc3Cl)c2c1. The number of aryl methyl sites for hydroxylation is 1. The first-order chi connectivity index (χ1) is 14.1.